The summed E-state index contributed by atoms with van der Waals surface area (Å²) in [6.45, 7) is 3.07. The van der Waals surface area contributed by atoms with Gasteiger partial charge in [0.15, 0.2) is 0 Å². The maximum atomic E-state index is 5.87. The van der Waals surface area contributed by atoms with Crippen molar-refractivity contribution in [2.75, 3.05) is 12.3 Å². The molecule has 2 rings (SSSR count). The lowest BCUT2D eigenvalue weighted by atomic mass is 10.2. The molecule has 0 amide bonds. The lowest BCUT2D eigenvalue weighted by Crippen LogP contribution is -2.00. The lowest BCUT2D eigenvalue weighted by molar-refractivity contribution is 0.301. The molecule has 0 fully saturated rings. The van der Waals surface area contributed by atoms with Crippen LogP contribution in [-0.2, 0) is 6.61 Å². The molecule has 94 valence electrons. The van der Waals surface area contributed by atoms with Crippen LogP contribution in [0.2, 0.25) is 0 Å². The van der Waals surface area contributed by atoms with Gasteiger partial charge in [-0.25, -0.2) is 0 Å². The molecule has 3 heteroatoms. The predicted molar refractivity (Wildman–Crippen MR) is 72.8 cm³/mol. The minimum Gasteiger partial charge on any atom is -0.494 e. The molecule has 0 unspecified atom stereocenters. The first-order chi connectivity index (χ1) is 8.79. The number of benzene rings is 2. The van der Waals surface area contributed by atoms with Gasteiger partial charge in [0.05, 0.1) is 12.3 Å². The highest BCUT2D eigenvalue weighted by Gasteiger charge is 2.03. The summed E-state index contributed by atoms with van der Waals surface area (Å²) in [6, 6.07) is 15.4. The number of rotatable bonds is 5. The van der Waals surface area contributed by atoms with Crippen LogP contribution < -0.4 is 15.2 Å². The third-order valence-electron chi connectivity index (χ3n) is 2.53. The summed E-state index contributed by atoms with van der Waals surface area (Å²) in [7, 11) is 0. The second-order valence-electron chi connectivity index (χ2n) is 3.91. The van der Waals surface area contributed by atoms with Crippen LogP contribution in [0.5, 0.6) is 11.5 Å². The van der Waals surface area contributed by atoms with Crippen LogP contribution >= 0.6 is 0 Å². The molecule has 2 N–H and O–H groups in total. The first-order valence-electron chi connectivity index (χ1n) is 5.98. The maximum absolute atomic E-state index is 5.87. The normalized spacial score (nSPS) is 10.1. The van der Waals surface area contributed by atoms with Crippen LogP contribution in [0, 0.1) is 0 Å². The van der Waals surface area contributed by atoms with Crippen molar-refractivity contribution in [2.45, 2.75) is 13.5 Å². The standard InChI is InChI=1S/C15H17NO2/c1-2-17-13-8-9-14(16)15(10-13)18-11-12-6-4-3-5-7-12/h3-10H,2,11,16H2,1H3. The van der Waals surface area contributed by atoms with Gasteiger partial charge in [0, 0.05) is 6.07 Å². The van der Waals surface area contributed by atoms with E-state index in [9.17, 15) is 0 Å². The highest BCUT2D eigenvalue weighted by Crippen LogP contribution is 2.27. The van der Waals surface area contributed by atoms with Gasteiger partial charge in [-0.15, -0.1) is 0 Å². The average Bonchev–Trinajstić information content (AvgIpc) is 2.41. The van der Waals surface area contributed by atoms with Crippen LogP contribution in [0.15, 0.2) is 48.5 Å². The summed E-state index contributed by atoms with van der Waals surface area (Å²) < 4.78 is 11.1. The Morgan fingerprint density at radius 3 is 2.50 bits per heavy atom. The van der Waals surface area contributed by atoms with Crippen molar-refractivity contribution in [3.63, 3.8) is 0 Å². The van der Waals surface area contributed by atoms with Crippen molar-refractivity contribution in [3.05, 3.63) is 54.1 Å². The van der Waals surface area contributed by atoms with Crippen molar-refractivity contribution in [1.82, 2.24) is 0 Å². The van der Waals surface area contributed by atoms with Gasteiger partial charge in [-0.3, -0.25) is 0 Å². The van der Waals surface area contributed by atoms with E-state index < -0.39 is 0 Å². The Morgan fingerprint density at radius 2 is 1.78 bits per heavy atom. The molecule has 0 heterocycles. The van der Waals surface area contributed by atoms with Gasteiger partial charge in [-0.05, 0) is 24.6 Å². The van der Waals surface area contributed by atoms with Crippen LogP contribution in [0.25, 0.3) is 0 Å². The molecule has 3 nitrogen and oxygen atoms in total. The number of ether oxygens (including phenoxy) is 2. The molecule has 0 bridgehead atoms. The minimum absolute atomic E-state index is 0.501. The Hall–Kier alpha value is -2.16. The Labute approximate surface area is 107 Å². The van der Waals surface area contributed by atoms with E-state index in [2.05, 4.69) is 0 Å². The summed E-state index contributed by atoms with van der Waals surface area (Å²) in [5.74, 6) is 1.43. The summed E-state index contributed by atoms with van der Waals surface area (Å²) in [5.41, 5.74) is 7.60. The minimum atomic E-state index is 0.501. The quantitative estimate of drug-likeness (QED) is 0.820. The number of hydrogen-bond donors (Lipinski definition) is 1. The van der Waals surface area contributed by atoms with E-state index in [0.29, 0.717) is 24.7 Å². The van der Waals surface area contributed by atoms with Crippen molar-refractivity contribution in [1.29, 1.82) is 0 Å². The zero-order valence-electron chi connectivity index (χ0n) is 10.4. The zero-order chi connectivity index (χ0) is 12.8. The summed E-state index contributed by atoms with van der Waals surface area (Å²) in [4.78, 5) is 0. The van der Waals surface area contributed by atoms with E-state index in [1.165, 1.54) is 0 Å². The van der Waals surface area contributed by atoms with E-state index in [4.69, 9.17) is 15.2 Å². The Morgan fingerprint density at radius 1 is 1.00 bits per heavy atom. The van der Waals surface area contributed by atoms with Crippen molar-refractivity contribution in [3.8, 4) is 11.5 Å². The van der Waals surface area contributed by atoms with Gasteiger partial charge < -0.3 is 15.2 Å². The van der Waals surface area contributed by atoms with Gasteiger partial charge in [0.25, 0.3) is 0 Å². The summed E-state index contributed by atoms with van der Waals surface area (Å²) in [5, 5.41) is 0. The van der Waals surface area contributed by atoms with Gasteiger partial charge >= 0.3 is 0 Å². The largest absolute Gasteiger partial charge is 0.494 e. The average molecular weight is 243 g/mol. The van der Waals surface area contributed by atoms with Crippen LogP contribution in [0.1, 0.15) is 12.5 Å². The predicted octanol–water partition coefficient (Wildman–Crippen LogP) is 3.25. The summed E-state index contributed by atoms with van der Waals surface area (Å²) >= 11 is 0. The molecule has 18 heavy (non-hydrogen) atoms. The zero-order valence-corrected chi connectivity index (χ0v) is 10.4. The topological polar surface area (TPSA) is 44.5 Å². The second kappa shape index (κ2) is 5.96. The number of nitrogen functional groups attached to an aromatic ring is 1. The molecule has 0 radical (unpaired) electrons. The van der Waals surface area contributed by atoms with E-state index in [-0.39, 0.29) is 0 Å². The molecule has 0 aliphatic rings. The van der Waals surface area contributed by atoms with Crippen LogP contribution in [0.4, 0.5) is 5.69 Å². The molecule has 0 saturated carbocycles. The Balaban J connectivity index is 2.06. The highest BCUT2D eigenvalue weighted by atomic mass is 16.5. The van der Waals surface area contributed by atoms with E-state index in [0.717, 1.165) is 11.3 Å². The SMILES string of the molecule is CCOc1ccc(N)c(OCc2ccccc2)c1. The van der Waals surface area contributed by atoms with Crippen LogP contribution in [-0.4, -0.2) is 6.61 Å². The number of anilines is 1. The number of hydrogen-bond acceptors (Lipinski definition) is 3. The van der Waals surface area contributed by atoms with Gasteiger partial charge in [0.1, 0.15) is 18.1 Å². The highest BCUT2D eigenvalue weighted by molar-refractivity contribution is 5.55. The monoisotopic (exact) mass is 243 g/mol. The fourth-order valence-corrected chi connectivity index (χ4v) is 1.63. The second-order valence-corrected chi connectivity index (χ2v) is 3.91. The molecule has 0 aromatic heterocycles. The van der Waals surface area contributed by atoms with Gasteiger partial charge in [-0.1, -0.05) is 30.3 Å². The van der Waals surface area contributed by atoms with Crippen LogP contribution in [0.3, 0.4) is 0 Å². The number of nitrogens with two attached hydrogens (primary N) is 1. The smallest absolute Gasteiger partial charge is 0.146 e. The van der Waals surface area contributed by atoms with Gasteiger partial charge in [0.2, 0.25) is 0 Å². The third kappa shape index (κ3) is 3.17. The summed E-state index contributed by atoms with van der Waals surface area (Å²) in [6.07, 6.45) is 0. The Bertz CT molecular complexity index is 497. The molecule has 0 aliphatic carbocycles. The Kier molecular flexibility index (Phi) is 4.07. The molecular formula is C15H17NO2. The molecule has 2 aromatic carbocycles. The lowest BCUT2D eigenvalue weighted by Gasteiger charge is -2.11. The molecule has 2 aromatic rings. The fourth-order valence-electron chi connectivity index (χ4n) is 1.63. The first kappa shape index (κ1) is 12.3. The third-order valence-corrected chi connectivity index (χ3v) is 2.53. The van der Waals surface area contributed by atoms with E-state index >= 15 is 0 Å². The van der Waals surface area contributed by atoms with Crippen molar-refractivity contribution in [2.24, 2.45) is 0 Å². The molecule has 0 atom stereocenters. The molecule has 0 saturated heterocycles. The van der Waals surface area contributed by atoms with E-state index in [1.54, 1.807) is 6.07 Å². The molecular weight excluding hydrogens is 226 g/mol. The van der Waals surface area contributed by atoms with Crippen molar-refractivity contribution < 1.29 is 9.47 Å². The maximum Gasteiger partial charge on any atom is 0.146 e. The molecule has 0 spiro atoms. The van der Waals surface area contributed by atoms with Gasteiger partial charge in [-0.2, -0.15) is 0 Å². The fraction of sp³-hybridized carbons (Fsp3) is 0.200. The van der Waals surface area contributed by atoms with Crippen molar-refractivity contribution >= 4 is 5.69 Å². The van der Waals surface area contributed by atoms with E-state index in [1.807, 2.05) is 49.4 Å². The first-order valence-corrected chi connectivity index (χ1v) is 5.98. The molecule has 0 aliphatic heterocycles.